The summed E-state index contributed by atoms with van der Waals surface area (Å²) < 4.78 is 0.918. The van der Waals surface area contributed by atoms with Gasteiger partial charge >= 0.3 is 0 Å². The van der Waals surface area contributed by atoms with E-state index in [9.17, 15) is 0 Å². The van der Waals surface area contributed by atoms with Crippen molar-refractivity contribution in [3.8, 4) is 0 Å². The second kappa shape index (κ2) is 2.72. The van der Waals surface area contributed by atoms with E-state index in [0.717, 1.165) is 15.4 Å². The van der Waals surface area contributed by atoms with Crippen molar-refractivity contribution in [2.45, 2.75) is 6.92 Å². The van der Waals surface area contributed by atoms with Crippen molar-refractivity contribution < 1.29 is 0 Å². The van der Waals surface area contributed by atoms with Gasteiger partial charge in [-0.3, -0.25) is 0 Å². The van der Waals surface area contributed by atoms with E-state index in [-0.39, 0.29) is 0 Å². The third-order valence-electron chi connectivity index (χ3n) is 1.99. The molecule has 0 aliphatic carbocycles. The average molecular weight is 175 g/mol. The van der Waals surface area contributed by atoms with Crippen molar-refractivity contribution in [3.63, 3.8) is 0 Å². The molecule has 0 saturated carbocycles. The Labute approximate surface area is 76.1 Å². The second-order valence-electron chi connectivity index (χ2n) is 2.84. The van der Waals surface area contributed by atoms with Crippen LogP contribution in [0, 0.1) is 11.4 Å². The first-order chi connectivity index (χ1) is 5.79. The van der Waals surface area contributed by atoms with Gasteiger partial charge in [0.15, 0.2) is 0 Å². The van der Waals surface area contributed by atoms with Gasteiger partial charge in [-0.25, -0.2) is 0 Å². The van der Waals surface area contributed by atoms with Crippen LogP contribution in [-0.2, 0) is 0 Å². The lowest BCUT2D eigenvalue weighted by Gasteiger charge is -2.00. The monoisotopic (exact) mass is 175 g/mol. The van der Waals surface area contributed by atoms with E-state index in [1.165, 1.54) is 5.56 Å². The van der Waals surface area contributed by atoms with Gasteiger partial charge in [0.2, 0.25) is 0 Å². The third-order valence-corrected chi connectivity index (χ3v) is 2.33. The predicted octanol–water partition coefficient (Wildman–Crippen LogP) is 3.21. The largest absolute Gasteiger partial charge is 0.361 e. The van der Waals surface area contributed by atoms with Crippen LogP contribution in [0.1, 0.15) is 5.56 Å². The zero-order valence-electron chi connectivity index (χ0n) is 6.79. The third kappa shape index (κ3) is 1.04. The molecule has 0 fully saturated rings. The molecule has 2 rings (SSSR count). The van der Waals surface area contributed by atoms with Crippen LogP contribution < -0.4 is 0 Å². The molecule has 0 saturated heterocycles. The van der Waals surface area contributed by atoms with Gasteiger partial charge in [0.05, 0.1) is 0 Å². The number of rotatable bonds is 0. The fourth-order valence-electron chi connectivity index (χ4n) is 1.41. The van der Waals surface area contributed by atoms with E-state index in [0.29, 0.717) is 0 Å². The first kappa shape index (κ1) is 7.50. The molecular weight excluding hydrogens is 166 g/mol. The van der Waals surface area contributed by atoms with E-state index in [2.05, 4.69) is 18.0 Å². The van der Waals surface area contributed by atoms with Crippen LogP contribution in [0.15, 0.2) is 30.5 Å². The summed E-state index contributed by atoms with van der Waals surface area (Å²) in [6.45, 7) is 2.08. The molecular formula is C10H9NS. The molecule has 1 nitrogen and oxygen atoms in total. The normalized spacial score (nSPS) is 10.4. The summed E-state index contributed by atoms with van der Waals surface area (Å²) in [5.41, 5.74) is 2.34. The lowest BCUT2D eigenvalue weighted by molar-refractivity contribution is 1.39. The van der Waals surface area contributed by atoms with Crippen molar-refractivity contribution in [3.05, 3.63) is 40.5 Å². The highest BCUT2D eigenvalue weighted by Crippen LogP contribution is 2.16. The maximum Gasteiger partial charge on any atom is 0.0487 e. The minimum atomic E-state index is 0.918. The molecule has 0 aliphatic rings. The van der Waals surface area contributed by atoms with Crippen molar-refractivity contribution >= 4 is 23.1 Å². The van der Waals surface area contributed by atoms with E-state index >= 15 is 0 Å². The highest BCUT2D eigenvalue weighted by Gasteiger charge is 1.96. The van der Waals surface area contributed by atoms with E-state index in [1.54, 1.807) is 0 Å². The van der Waals surface area contributed by atoms with Crippen molar-refractivity contribution in [2.24, 2.45) is 0 Å². The molecule has 1 heterocycles. The van der Waals surface area contributed by atoms with Crippen LogP contribution in [0.4, 0.5) is 0 Å². The van der Waals surface area contributed by atoms with Crippen LogP contribution in [-0.4, -0.2) is 4.98 Å². The first-order valence-electron chi connectivity index (χ1n) is 3.86. The van der Waals surface area contributed by atoms with Gasteiger partial charge in [0, 0.05) is 21.6 Å². The van der Waals surface area contributed by atoms with Gasteiger partial charge in [0.25, 0.3) is 0 Å². The van der Waals surface area contributed by atoms with Gasteiger partial charge in [-0.1, -0.05) is 24.4 Å². The van der Waals surface area contributed by atoms with E-state index in [4.69, 9.17) is 12.2 Å². The molecule has 2 heteroatoms. The SMILES string of the molecule is Cc1cccc2[nH]ccc(=S)c12. The Balaban J connectivity index is 3.07. The van der Waals surface area contributed by atoms with Crippen LogP contribution in [0.5, 0.6) is 0 Å². The van der Waals surface area contributed by atoms with Gasteiger partial charge in [-0.2, -0.15) is 0 Å². The number of aryl methyl sites for hydroxylation is 1. The molecule has 0 atom stereocenters. The van der Waals surface area contributed by atoms with Crippen molar-refractivity contribution in [1.29, 1.82) is 0 Å². The van der Waals surface area contributed by atoms with Crippen molar-refractivity contribution in [1.82, 2.24) is 4.98 Å². The smallest absolute Gasteiger partial charge is 0.0487 e. The summed E-state index contributed by atoms with van der Waals surface area (Å²) in [7, 11) is 0. The Morgan fingerprint density at radius 3 is 2.83 bits per heavy atom. The summed E-state index contributed by atoms with van der Waals surface area (Å²) in [6, 6.07) is 8.07. The molecule has 0 radical (unpaired) electrons. The highest BCUT2D eigenvalue weighted by molar-refractivity contribution is 7.71. The van der Waals surface area contributed by atoms with Gasteiger partial charge in [-0.05, 0) is 24.6 Å². The van der Waals surface area contributed by atoms with Crippen LogP contribution in [0.3, 0.4) is 0 Å². The Bertz CT molecular complexity index is 465. The quantitative estimate of drug-likeness (QED) is 0.608. The predicted molar refractivity (Wildman–Crippen MR) is 53.9 cm³/mol. The minimum absolute atomic E-state index is 0.918. The van der Waals surface area contributed by atoms with Crippen molar-refractivity contribution in [2.75, 3.05) is 0 Å². The lowest BCUT2D eigenvalue weighted by atomic mass is 10.1. The average Bonchev–Trinajstić information content (AvgIpc) is 2.04. The van der Waals surface area contributed by atoms with Crippen LogP contribution >= 0.6 is 12.2 Å². The molecule has 0 spiro atoms. The fourth-order valence-corrected chi connectivity index (χ4v) is 1.74. The number of nitrogens with one attached hydrogen (secondary N) is 1. The van der Waals surface area contributed by atoms with Gasteiger partial charge < -0.3 is 4.98 Å². The number of hydrogen-bond acceptors (Lipinski definition) is 1. The summed E-state index contributed by atoms with van der Waals surface area (Å²) in [6.07, 6.45) is 1.88. The Hall–Kier alpha value is -1.15. The van der Waals surface area contributed by atoms with E-state index in [1.807, 2.05) is 24.4 Å². The van der Waals surface area contributed by atoms with Crippen LogP contribution in [0.2, 0.25) is 0 Å². The van der Waals surface area contributed by atoms with E-state index < -0.39 is 0 Å². The fraction of sp³-hybridized carbons (Fsp3) is 0.100. The molecule has 0 unspecified atom stereocenters. The van der Waals surface area contributed by atoms with Crippen LogP contribution in [0.25, 0.3) is 10.9 Å². The number of fused-ring (bicyclic) bond motifs is 1. The maximum absolute atomic E-state index is 5.22. The highest BCUT2D eigenvalue weighted by atomic mass is 32.1. The Morgan fingerprint density at radius 2 is 2.08 bits per heavy atom. The molecule has 1 N–H and O–H groups in total. The number of pyridine rings is 1. The number of aromatic nitrogens is 1. The standard InChI is InChI=1S/C10H9NS/c1-7-3-2-4-8-10(7)9(12)5-6-11-8/h2-6H,1H3,(H,11,12). The van der Waals surface area contributed by atoms with Gasteiger partial charge in [0.1, 0.15) is 0 Å². The molecule has 0 aliphatic heterocycles. The molecule has 0 amide bonds. The molecule has 60 valence electrons. The Kier molecular flexibility index (Phi) is 1.70. The topological polar surface area (TPSA) is 15.8 Å². The molecule has 1 aromatic heterocycles. The zero-order valence-corrected chi connectivity index (χ0v) is 7.61. The summed E-state index contributed by atoms with van der Waals surface area (Å²) in [5.74, 6) is 0. The number of benzene rings is 1. The minimum Gasteiger partial charge on any atom is -0.361 e. The molecule has 0 bridgehead atoms. The first-order valence-corrected chi connectivity index (χ1v) is 4.27. The summed E-state index contributed by atoms with van der Waals surface area (Å²) in [5, 5.41) is 1.16. The van der Waals surface area contributed by atoms with Gasteiger partial charge in [-0.15, -0.1) is 0 Å². The summed E-state index contributed by atoms with van der Waals surface area (Å²) >= 11 is 5.22. The molecule has 2 aromatic rings. The summed E-state index contributed by atoms with van der Waals surface area (Å²) in [4.78, 5) is 3.17. The zero-order chi connectivity index (χ0) is 8.55. The maximum atomic E-state index is 5.22. The molecule has 12 heavy (non-hydrogen) atoms. The lowest BCUT2D eigenvalue weighted by Crippen LogP contribution is -1.81. The number of hydrogen-bond donors (Lipinski definition) is 1. The Morgan fingerprint density at radius 1 is 1.25 bits per heavy atom. The second-order valence-corrected chi connectivity index (χ2v) is 3.28. The number of H-pyrrole nitrogens is 1. The number of aromatic amines is 1. The molecule has 1 aromatic carbocycles.